The molecule has 172 valence electrons. The Bertz CT molecular complexity index is 1060. The van der Waals surface area contributed by atoms with E-state index in [1.54, 1.807) is 0 Å². The van der Waals surface area contributed by atoms with Gasteiger partial charge in [-0.2, -0.15) is 0 Å². The highest BCUT2D eigenvalue weighted by atomic mass is 16.7. The van der Waals surface area contributed by atoms with Crippen molar-refractivity contribution < 1.29 is 39.0 Å². The summed E-state index contributed by atoms with van der Waals surface area (Å²) < 4.78 is 9.54. The number of benzene rings is 2. The standard InChI is InChI=1S/C13H6N6O14/c20-14(21)6-1-8(16(24)25)12(9(2-6)17(26)27)32-5-33-13-10(18(28)29)3-7(15(22)23)4-11(13)19(30)31/h1-4H,5H2. The molecule has 0 spiro atoms. The predicted octanol–water partition coefficient (Wildman–Crippen LogP) is 2.55. The Morgan fingerprint density at radius 2 is 0.727 bits per heavy atom. The lowest BCUT2D eigenvalue weighted by atomic mass is 10.2. The van der Waals surface area contributed by atoms with Crippen LogP contribution in [-0.4, -0.2) is 36.3 Å². The van der Waals surface area contributed by atoms with Crippen LogP contribution in [0.4, 0.5) is 34.1 Å². The summed E-state index contributed by atoms with van der Waals surface area (Å²) in [6, 6.07) is 1.33. The molecule has 0 saturated carbocycles. The number of nitrogens with zero attached hydrogens (tertiary/aromatic N) is 6. The van der Waals surface area contributed by atoms with Crippen LogP contribution in [0.2, 0.25) is 0 Å². The molecule has 0 aliphatic rings. The summed E-state index contributed by atoms with van der Waals surface area (Å²) in [4.78, 5) is 59.1. The van der Waals surface area contributed by atoms with Gasteiger partial charge in [0.2, 0.25) is 6.79 Å². The zero-order chi connectivity index (χ0) is 25.0. The third kappa shape index (κ3) is 4.96. The number of nitro benzene ring substituents is 6. The fourth-order valence-electron chi connectivity index (χ4n) is 2.36. The van der Waals surface area contributed by atoms with Crippen LogP contribution in [-0.2, 0) is 0 Å². The van der Waals surface area contributed by atoms with E-state index in [1.807, 2.05) is 0 Å². The zero-order valence-corrected chi connectivity index (χ0v) is 15.4. The Balaban J connectivity index is 2.53. The van der Waals surface area contributed by atoms with Crippen LogP contribution in [0.1, 0.15) is 0 Å². The molecule has 2 aromatic rings. The van der Waals surface area contributed by atoms with Gasteiger partial charge >= 0.3 is 22.7 Å². The van der Waals surface area contributed by atoms with E-state index in [0.29, 0.717) is 24.3 Å². The Kier molecular flexibility index (Phi) is 6.52. The van der Waals surface area contributed by atoms with Gasteiger partial charge in [-0.05, 0) is 0 Å². The third-order valence-corrected chi connectivity index (χ3v) is 3.68. The summed E-state index contributed by atoms with van der Waals surface area (Å²) in [6.45, 7) is -1.33. The van der Waals surface area contributed by atoms with E-state index >= 15 is 0 Å². The van der Waals surface area contributed by atoms with Gasteiger partial charge in [0, 0.05) is 0 Å². The maximum atomic E-state index is 11.2. The summed E-state index contributed by atoms with van der Waals surface area (Å²) in [7, 11) is 0. The monoisotopic (exact) mass is 470 g/mol. The summed E-state index contributed by atoms with van der Waals surface area (Å²) in [5.41, 5.74) is -7.02. The number of hydrogen-bond donors (Lipinski definition) is 0. The molecule has 2 aromatic carbocycles. The summed E-state index contributed by atoms with van der Waals surface area (Å²) in [5, 5.41) is 66.5. The Hall–Kier alpha value is -5.56. The summed E-state index contributed by atoms with van der Waals surface area (Å²) in [5.74, 6) is -2.30. The number of rotatable bonds is 10. The van der Waals surface area contributed by atoms with Crippen molar-refractivity contribution in [3.05, 3.63) is 85.0 Å². The molecule has 20 nitrogen and oxygen atoms in total. The van der Waals surface area contributed by atoms with Gasteiger partial charge in [-0.15, -0.1) is 0 Å². The van der Waals surface area contributed by atoms with Gasteiger partial charge in [0.1, 0.15) is 0 Å². The molecule has 0 bridgehead atoms. The second kappa shape index (κ2) is 9.07. The van der Waals surface area contributed by atoms with E-state index in [4.69, 9.17) is 9.47 Å². The third-order valence-electron chi connectivity index (χ3n) is 3.68. The smallest absolute Gasteiger partial charge is 0.325 e. The predicted molar refractivity (Wildman–Crippen MR) is 98.9 cm³/mol. The van der Waals surface area contributed by atoms with Crippen LogP contribution in [0.15, 0.2) is 24.3 Å². The maximum absolute atomic E-state index is 11.2. The molecule has 0 amide bonds. The minimum Gasteiger partial charge on any atom is -0.444 e. The number of nitro groups is 6. The van der Waals surface area contributed by atoms with Crippen molar-refractivity contribution in [2.24, 2.45) is 0 Å². The SMILES string of the molecule is O=[N+]([O-])c1cc([N+](=O)[O-])c(OCOc2c([N+](=O)[O-])cc([N+](=O)[O-])cc2[N+](=O)[O-])c([N+](=O)[O-])c1. The van der Waals surface area contributed by atoms with Gasteiger partial charge in [0.05, 0.1) is 53.8 Å². The van der Waals surface area contributed by atoms with Crippen LogP contribution in [0.3, 0.4) is 0 Å². The topological polar surface area (TPSA) is 277 Å². The van der Waals surface area contributed by atoms with Gasteiger partial charge in [0.25, 0.3) is 22.9 Å². The lowest BCUT2D eigenvalue weighted by molar-refractivity contribution is -0.405. The highest BCUT2D eigenvalue weighted by molar-refractivity contribution is 5.66. The largest absolute Gasteiger partial charge is 0.444 e. The summed E-state index contributed by atoms with van der Waals surface area (Å²) >= 11 is 0. The Morgan fingerprint density at radius 3 is 0.909 bits per heavy atom. The van der Waals surface area contributed by atoms with Crippen molar-refractivity contribution in [1.29, 1.82) is 0 Å². The first-order chi connectivity index (χ1) is 15.3. The molecule has 0 N–H and O–H groups in total. The van der Waals surface area contributed by atoms with Crippen molar-refractivity contribution in [2.75, 3.05) is 6.79 Å². The van der Waals surface area contributed by atoms with Crippen molar-refractivity contribution in [1.82, 2.24) is 0 Å². The lowest BCUT2D eigenvalue weighted by Gasteiger charge is -2.10. The first-order valence-electron chi connectivity index (χ1n) is 7.83. The van der Waals surface area contributed by atoms with Crippen LogP contribution in [0, 0.1) is 60.7 Å². The van der Waals surface area contributed by atoms with E-state index in [9.17, 15) is 60.7 Å². The van der Waals surface area contributed by atoms with E-state index in [-0.39, 0.29) is 0 Å². The van der Waals surface area contributed by atoms with E-state index < -0.39 is 82.0 Å². The van der Waals surface area contributed by atoms with Gasteiger partial charge in [-0.25, -0.2) is 0 Å². The Labute approximate surface area is 177 Å². The van der Waals surface area contributed by atoms with Crippen molar-refractivity contribution in [2.45, 2.75) is 0 Å². The minimum atomic E-state index is -1.33. The highest BCUT2D eigenvalue weighted by Gasteiger charge is 2.35. The van der Waals surface area contributed by atoms with Gasteiger partial charge < -0.3 is 9.47 Å². The first-order valence-corrected chi connectivity index (χ1v) is 7.83. The molecule has 0 aromatic heterocycles. The molecule has 0 fully saturated rings. The number of non-ortho nitro benzene ring substituents is 2. The molecule has 0 heterocycles. The fourth-order valence-corrected chi connectivity index (χ4v) is 2.36. The molecule has 2 rings (SSSR count). The van der Waals surface area contributed by atoms with E-state index in [0.717, 1.165) is 0 Å². The van der Waals surface area contributed by atoms with Gasteiger partial charge in [0.15, 0.2) is 0 Å². The minimum absolute atomic E-state index is 0.332. The van der Waals surface area contributed by atoms with E-state index in [1.165, 1.54) is 0 Å². The molecule has 0 radical (unpaired) electrons. The Morgan fingerprint density at radius 1 is 0.485 bits per heavy atom. The molecular weight excluding hydrogens is 464 g/mol. The van der Waals surface area contributed by atoms with Crippen LogP contribution in [0.25, 0.3) is 0 Å². The number of ether oxygens (including phenoxy) is 2. The van der Waals surface area contributed by atoms with Crippen LogP contribution < -0.4 is 9.47 Å². The fraction of sp³-hybridized carbons (Fsp3) is 0.0769. The highest BCUT2D eigenvalue weighted by Crippen LogP contribution is 2.42. The molecule has 20 heteroatoms. The van der Waals surface area contributed by atoms with Crippen LogP contribution in [0.5, 0.6) is 11.5 Å². The zero-order valence-electron chi connectivity index (χ0n) is 15.4. The molecule has 0 aliphatic heterocycles. The van der Waals surface area contributed by atoms with Crippen molar-refractivity contribution in [3.8, 4) is 11.5 Å². The molecule has 33 heavy (non-hydrogen) atoms. The molecule has 0 aliphatic carbocycles. The average Bonchev–Trinajstić information content (AvgIpc) is 2.72. The first kappa shape index (κ1) is 23.7. The second-order valence-electron chi connectivity index (χ2n) is 5.58. The maximum Gasteiger partial charge on any atom is 0.325 e. The van der Waals surface area contributed by atoms with Crippen molar-refractivity contribution >= 4 is 34.1 Å². The quantitative estimate of drug-likeness (QED) is 0.274. The molecule has 0 unspecified atom stereocenters. The molecule has 0 atom stereocenters. The van der Waals surface area contributed by atoms with Crippen LogP contribution >= 0.6 is 0 Å². The second-order valence-corrected chi connectivity index (χ2v) is 5.58. The van der Waals surface area contributed by atoms with Gasteiger partial charge in [-0.1, -0.05) is 0 Å². The normalized spacial score (nSPS) is 10.2. The summed E-state index contributed by atoms with van der Waals surface area (Å²) in [6.07, 6.45) is 0. The van der Waals surface area contributed by atoms with Crippen molar-refractivity contribution in [3.63, 3.8) is 0 Å². The number of hydrogen-bond acceptors (Lipinski definition) is 14. The lowest BCUT2D eigenvalue weighted by Crippen LogP contribution is -2.11. The molecular formula is C13H6N6O14. The van der Waals surface area contributed by atoms with E-state index in [2.05, 4.69) is 0 Å². The van der Waals surface area contributed by atoms with Gasteiger partial charge in [-0.3, -0.25) is 60.7 Å². The average molecular weight is 470 g/mol. The molecule has 0 saturated heterocycles.